The van der Waals surface area contributed by atoms with E-state index in [9.17, 15) is 4.79 Å². The van der Waals surface area contributed by atoms with Crippen molar-refractivity contribution < 1.29 is 4.79 Å². The smallest absolute Gasteiger partial charge is 0.223 e. The number of nitrogens with zero attached hydrogens (tertiary/aromatic N) is 1. The van der Waals surface area contributed by atoms with Crippen molar-refractivity contribution >= 4 is 5.91 Å². The van der Waals surface area contributed by atoms with E-state index in [4.69, 9.17) is 0 Å². The second kappa shape index (κ2) is 4.78. The highest BCUT2D eigenvalue weighted by atomic mass is 16.2. The third-order valence-electron chi connectivity index (χ3n) is 3.10. The molecule has 0 aromatic heterocycles. The first-order valence-corrected chi connectivity index (χ1v) is 5.49. The van der Waals surface area contributed by atoms with Gasteiger partial charge in [0.05, 0.1) is 0 Å². The Kier molecular flexibility index (Phi) is 3.93. The molecule has 1 fully saturated rings. The maximum absolute atomic E-state index is 11.3. The molecular weight excluding hydrogens is 176 g/mol. The lowest BCUT2D eigenvalue weighted by atomic mass is 10.0. The molecule has 0 radical (unpaired) electrons. The Morgan fingerprint density at radius 1 is 1.36 bits per heavy atom. The summed E-state index contributed by atoms with van der Waals surface area (Å²) in [5.41, 5.74) is 0.298. The molecule has 3 nitrogen and oxygen atoms in total. The maximum Gasteiger partial charge on any atom is 0.223 e. The van der Waals surface area contributed by atoms with E-state index in [0.717, 1.165) is 6.54 Å². The van der Waals surface area contributed by atoms with Gasteiger partial charge in [-0.05, 0) is 19.8 Å². The topological polar surface area (TPSA) is 32.3 Å². The molecule has 1 amide bonds. The van der Waals surface area contributed by atoms with Crippen molar-refractivity contribution in [2.45, 2.75) is 44.6 Å². The highest BCUT2D eigenvalue weighted by Crippen LogP contribution is 2.28. The van der Waals surface area contributed by atoms with Gasteiger partial charge >= 0.3 is 0 Å². The molecule has 0 bridgehead atoms. The Morgan fingerprint density at radius 2 is 1.93 bits per heavy atom. The first-order valence-electron chi connectivity index (χ1n) is 5.49. The average Bonchev–Trinajstić information content (AvgIpc) is 2.52. The molecule has 0 aromatic carbocycles. The van der Waals surface area contributed by atoms with Crippen molar-refractivity contribution in [3.63, 3.8) is 0 Å². The molecule has 1 aliphatic rings. The van der Waals surface area contributed by atoms with Crippen molar-refractivity contribution in [2.24, 2.45) is 0 Å². The van der Waals surface area contributed by atoms with Gasteiger partial charge in [0.25, 0.3) is 0 Å². The first kappa shape index (κ1) is 11.5. The Bertz CT molecular complexity index is 195. The van der Waals surface area contributed by atoms with Gasteiger partial charge in [0.1, 0.15) is 0 Å². The number of nitrogens with one attached hydrogen (secondary N) is 1. The number of carbonyl (C=O) groups excluding carboxylic acids is 1. The number of amides is 1. The quantitative estimate of drug-likeness (QED) is 0.740. The van der Waals surface area contributed by atoms with E-state index in [1.807, 2.05) is 0 Å². The third-order valence-corrected chi connectivity index (χ3v) is 3.10. The zero-order valence-electron chi connectivity index (χ0n) is 9.60. The number of hydrogen-bond acceptors (Lipinski definition) is 2. The molecular formula is C11H22N2O. The van der Waals surface area contributed by atoms with E-state index in [0.29, 0.717) is 12.0 Å². The maximum atomic E-state index is 11.3. The minimum atomic E-state index is 0.207. The molecule has 0 heterocycles. The summed E-state index contributed by atoms with van der Waals surface area (Å²) in [4.78, 5) is 13.0. The van der Waals surface area contributed by atoms with E-state index in [1.54, 1.807) is 19.0 Å². The minimum Gasteiger partial charge on any atom is -0.349 e. The van der Waals surface area contributed by atoms with Crippen LogP contribution in [0.25, 0.3) is 0 Å². The molecule has 0 saturated heterocycles. The SMILES string of the molecule is CN(C)C(=O)CCNC1(C)CCCC1. The van der Waals surface area contributed by atoms with Crippen LogP contribution in [0.15, 0.2) is 0 Å². The van der Waals surface area contributed by atoms with Crippen LogP contribution < -0.4 is 5.32 Å². The Hall–Kier alpha value is -0.570. The van der Waals surface area contributed by atoms with Gasteiger partial charge < -0.3 is 10.2 Å². The molecule has 1 N–H and O–H groups in total. The van der Waals surface area contributed by atoms with Crippen LogP contribution in [0.4, 0.5) is 0 Å². The van der Waals surface area contributed by atoms with Gasteiger partial charge in [-0.15, -0.1) is 0 Å². The second-order valence-corrected chi connectivity index (χ2v) is 4.73. The predicted molar refractivity (Wildman–Crippen MR) is 58.2 cm³/mol. The summed E-state index contributed by atoms with van der Waals surface area (Å²) in [6.07, 6.45) is 5.77. The molecule has 14 heavy (non-hydrogen) atoms. The Balaban J connectivity index is 2.17. The van der Waals surface area contributed by atoms with Gasteiger partial charge in [0.2, 0.25) is 5.91 Å². The molecule has 82 valence electrons. The standard InChI is InChI=1S/C11H22N2O/c1-11(7-4-5-8-11)12-9-6-10(14)13(2)3/h12H,4-9H2,1-3H3. The van der Waals surface area contributed by atoms with E-state index in [2.05, 4.69) is 12.2 Å². The summed E-state index contributed by atoms with van der Waals surface area (Å²) in [5, 5.41) is 3.50. The highest BCUT2D eigenvalue weighted by Gasteiger charge is 2.27. The second-order valence-electron chi connectivity index (χ2n) is 4.73. The van der Waals surface area contributed by atoms with Crippen LogP contribution in [-0.2, 0) is 4.79 Å². The van der Waals surface area contributed by atoms with E-state index in [1.165, 1.54) is 25.7 Å². The van der Waals surface area contributed by atoms with Crippen molar-refractivity contribution in [3.05, 3.63) is 0 Å². The zero-order chi connectivity index (χ0) is 10.6. The molecule has 0 spiro atoms. The van der Waals surface area contributed by atoms with Gasteiger partial charge in [0, 0.05) is 32.6 Å². The van der Waals surface area contributed by atoms with E-state index in [-0.39, 0.29) is 5.91 Å². The lowest BCUT2D eigenvalue weighted by molar-refractivity contribution is -0.128. The molecule has 1 rings (SSSR count). The molecule has 0 aromatic rings. The normalized spacial score (nSPS) is 19.6. The third kappa shape index (κ3) is 3.29. The molecule has 0 aliphatic heterocycles. The summed E-state index contributed by atoms with van der Waals surface area (Å²) in [6.45, 7) is 3.08. The summed E-state index contributed by atoms with van der Waals surface area (Å²) in [5.74, 6) is 0.207. The Morgan fingerprint density at radius 3 is 2.43 bits per heavy atom. The van der Waals surface area contributed by atoms with E-state index < -0.39 is 0 Å². The summed E-state index contributed by atoms with van der Waals surface area (Å²) in [6, 6.07) is 0. The predicted octanol–water partition coefficient (Wildman–Crippen LogP) is 1.39. The molecule has 0 atom stereocenters. The molecule has 0 unspecified atom stereocenters. The van der Waals surface area contributed by atoms with Crippen molar-refractivity contribution in [1.29, 1.82) is 0 Å². The number of rotatable bonds is 4. The van der Waals surface area contributed by atoms with Gasteiger partial charge in [0.15, 0.2) is 0 Å². The lowest BCUT2D eigenvalue weighted by Gasteiger charge is -2.25. The zero-order valence-corrected chi connectivity index (χ0v) is 9.60. The van der Waals surface area contributed by atoms with Crippen LogP contribution in [0.3, 0.4) is 0 Å². The molecule has 1 saturated carbocycles. The first-order chi connectivity index (χ1) is 6.53. The summed E-state index contributed by atoms with van der Waals surface area (Å²) < 4.78 is 0. The highest BCUT2D eigenvalue weighted by molar-refractivity contribution is 5.75. The fourth-order valence-electron chi connectivity index (χ4n) is 2.03. The van der Waals surface area contributed by atoms with Crippen molar-refractivity contribution in [2.75, 3.05) is 20.6 Å². The van der Waals surface area contributed by atoms with E-state index >= 15 is 0 Å². The van der Waals surface area contributed by atoms with Gasteiger partial charge in [-0.3, -0.25) is 4.79 Å². The average molecular weight is 198 g/mol. The van der Waals surface area contributed by atoms with Crippen molar-refractivity contribution in [1.82, 2.24) is 10.2 Å². The van der Waals surface area contributed by atoms with Crippen molar-refractivity contribution in [3.8, 4) is 0 Å². The lowest BCUT2D eigenvalue weighted by Crippen LogP contribution is -2.41. The largest absolute Gasteiger partial charge is 0.349 e. The van der Waals surface area contributed by atoms with Crippen LogP contribution >= 0.6 is 0 Å². The monoisotopic (exact) mass is 198 g/mol. The fraction of sp³-hybridized carbons (Fsp3) is 0.909. The minimum absolute atomic E-state index is 0.207. The summed E-state index contributed by atoms with van der Waals surface area (Å²) >= 11 is 0. The van der Waals surface area contributed by atoms with Gasteiger partial charge in [-0.1, -0.05) is 12.8 Å². The van der Waals surface area contributed by atoms with Crippen LogP contribution in [0, 0.1) is 0 Å². The molecule has 3 heteroatoms. The fourth-order valence-corrected chi connectivity index (χ4v) is 2.03. The number of carbonyl (C=O) groups is 1. The number of hydrogen-bond donors (Lipinski definition) is 1. The van der Waals surface area contributed by atoms with Gasteiger partial charge in [-0.25, -0.2) is 0 Å². The van der Waals surface area contributed by atoms with Gasteiger partial charge in [-0.2, -0.15) is 0 Å². The van der Waals surface area contributed by atoms with Crippen LogP contribution in [0.5, 0.6) is 0 Å². The van der Waals surface area contributed by atoms with Crippen LogP contribution in [-0.4, -0.2) is 37.0 Å². The molecule has 1 aliphatic carbocycles. The van der Waals surface area contributed by atoms with Crippen LogP contribution in [0.2, 0.25) is 0 Å². The Labute approximate surface area is 86.9 Å². The van der Waals surface area contributed by atoms with Crippen LogP contribution in [0.1, 0.15) is 39.0 Å². The summed E-state index contributed by atoms with van der Waals surface area (Å²) in [7, 11) is 3.61.